The van der Waals surface area contributed by atoms with Crippen LogP contribution in [-0.2, 0) is 55.5 Å². The molecule has 97 heavy (non-hydrogen) atoms. The summed E-state index contributed by atoms with van der Waals surface area (Å²) in [7, 11) is 3.34. The van der Waals surface area contributed by atoms with Gasteiger partial charge in [-0.3, -0.25) is 14.9 Å². The van der Waals surface area contributed by atoms with Crippen LogP contribution in [-0.4, -0.2) is 75.1 Å². The molecular formula is C83H111N9O5. The zero-order valence-corrected chi connectivity index (χ0v) is 62.8. The van der Waals surface area contributed by atoms with Gasteiger partial charge in [0.1, 0.15) is 16.7 Å². The zero-order chi connectivity index (χ0) is 71.5. The van der Waals surface area contributed by atoms with Crippen molar-refractivity contribution in [2.45, 2.75) is 216 Å². The summed E-state index contributed by atoms with van der Waals surface area (Å²) in [5, 5.41) is 22.9. The molecule has 14 heteroatoms. The molecule has 0 fully saturated rings. The predicted molar refractivity (Wildman–Crippen MR) is 405 cm³/mol. The lowest BCUT2D eigenvalue weighted by atomic mass is 9.85. The molecule has 10 aromatic rings. The van der Waals surface area contributed by atoms with Crippen molar-refractivity contribution in [2.75, 3.05) is 32.8 Å². The van der Waals surface area contributed by atoms with Crippen LogP contribution in [0.15, 0.2) is 139 Å². The van der Waals surface area contributed by atoms with Crippen molar-refractivity contribution in [1.29, 1.82) is 0 Å². The van der Waals surface area contributed by atoms with Gasteiger partial charge in [-0.05, 0) is 174 Å². The van der Waals surface area contributed by atoms with E-state index in [-0.39, 0.29) is 43.8 Å². The van der Waals surface area contributed by atoms with E-state index in [4.69, 9.17) is 18.9 Å². The number of aromatic amines is 3. The summed E-state index contributed by atoms with van der Waals surface area (Å²) in [6.07, 6.45) is 11.1. The predicted octanol–water partition coefficient (Wildman–Crippen LogP) is 20.5. The molecule has 13 rings (SSSR count). The Balaban J connectivity index is 0.000000160. The van der Waals surface area contributed by atoms with Crippen LogP contribution < -0.4 is 24.3 Å². The minimum absolute atomic E-state index is 0.129. The van der Waals surface area contributed by atoms with Gasteiger partial charge in [-0.2, -0.15) is 20.5 Å². The van der Waals surface area contributed by atoms with Crippen molar-refractivity contribution >= 4 is 56.5 Å². The Bertz CT molecular complexity index is 4070. The van der Waals surface area contributed by atoms with Crippen LogP contribution in [0.2, 0.25) is 0 Å². The molecule has 14 nitrogen and oxygen atoms in total. The zero-order valence-electron chi connectivity index (χ0n) is 62.8. The molecule has 3 aliphatic rings. The number of hydrogen-bond acceptors (Lipinski definition) is 10. The number of rotatable bonds is 2. The second kappa shape index (κ2) is 31.2. The van der Waals surface area contributed by atoms with Crippen molar-refractivity contribution < 1.29 is 23.7 Å². The minimum Gasteiger partial charge on any atom is -0.493 e. The summed E-state index contributed by atoms with van der Waals surface area (Å²) in [5.41, 5.74) is 20.3. The topological polar surface area (TPSA) is 177 Å². The summed E-state index contributed by atoms with van der Waals surface area (Å²) in [5.74, 6) is 3.53. The first-order chi connectivity index (χ1) is 45.2. The number of carbonyl (C=O) groups is 1. The molecule has 0 saturated heterocycles. The number of aryl methyl sites for hydroxylation is 2. The fourth-order valence-electron chi connectivity index (χ4n) is 10.7. The molecule has 4 aromatic heterocycles. The molecule has 0 bridgehead atoms. The number of carbonyl (C=O) groups excluding carboxylic acids is 1. The van der Waals surface area contributed by atoms with Gasteiger partial charge in [-0.1, -0.05) is 194 Å². The molecular weight excluding hydrogens is 1200 g/mol. The van der Waals surface area contributed by atoms with E-state index in [0.717, 1.165) is 94.6 Å². The van der Waals surface area contributed by atoms with Gasteiger partial charge < -0.3 is 29.2 Å². The number of fused-ring (bicyclic) bond motifs is 6. The molecule has 0 aliphatic carbocycles. The van der Waals surface area contributed by atoms with Crippen LogP contribution in [0.3, 0.4) is 0 Å². The molecule has 3 aliphatic heterocycles. The fraction of sp³-hybridized carbons (Fsp3) is 0.446. The van der Waals surface area contributed by atoms with Gasteiger partial charge in [0.05, 0.1) is 44.8 Å². The summed E-state index contributed by atoms with van der Waals surface area (Å²) in [6, 6.07) is 40.2. The largest absolute Gasteiger partial charge is 0.493 e. The Kier molecular flexibility index (Phi) is 24.3. The maximum absolute atomic E-state index is 11.2. The van der Waals surface area contributed by atoms with E-state index in [2.05, 4.69) is 282 Å². The molecule has 0 unspecified atom stereocenters. The van der Waals surface area contributed by atoms with Gasteiger partial charge in [0.25, 0.3) is 0 Å². The third-order valence-corrected chi connectivity index (χ3v) is 17.3. The van der Waals surface area contributed by atoms with Crippen molar-refractivity contribution in [1.82, 2.24) is 35.6 Å². The van der Waals surface area contributed by atoms with Crippen molar-refractivity contribution in [2.24, 2.45) is 4.99 Å². The monoisotopic (exact) mass is 1310 g/mol. The number of nitrogens with zero attached hydrogens (tertiary/aromatic N) is 5. The number of methoxy groups -OCH3 is 2. The average Bonchev–Trinajstić information content (AvgIpc) is 1.81. The van der Waals surface area contributed by atoms with Crippen LogP contribution in [0.4, 0.5) is 11.4 Å². The maximum atomic E-state index is 11.2. The lowest BCUT2D eigenvalue weighted by Crippen LogP contribution is -2.20. The van der Waals surface area contributed by atoms with E-state index in [1.165, 1.54) is 60.8 Å². The number of amides is 1. The SMILES string of the molecule is CC(C)(C)c1ccc2[nH]ncc2c1.CC(C)(C)c1ccc2c(c1)CC=N2.CC(C)(C)c1ccc2c(c1)CCC(=O)N2.CC(C)(C)c1ccc2c(c1)OCCCO2.CC(C)(C)c1ccc2n[nH]nc2c1.CC(C)(C)c1cnc2[nH]ccc2c1.COc1cc(C(C)(C)C)cc(C)c1OC. The van der Waals surface area contributed by atoms with Gasteiger partial charge in [0.2, 0.25) is 5.91 Å². The molecule has 4 N–H and O–H groups in total. The first kappa shape index (κ1) is 75.6. The number of pyridine rings is 1. The first-order valence-corrected chi connectivity index (χ1v) is 34.1. The van der Waals surface area contributed by atoms with Gasteiger partial charge in [-0.25, -0.2) is 4.98 Å². The standard InChI is InChI=1S/C13H17NO.C13H18O2.C13H20O2.C12H15N.2C11H14N2.C10H13N3/c1-13(2,3)10-5-6-11-9(8-10)4-7-12(15)14-11;1-13(2,3)10-5-6-11-12(9-10)15-8-4-7-14-11;1-9-7-10(13(2,3)4)8-11(14-5)12(9)15-6;1-12(2,3)10-4-5-11-9(8-10)6-7-13-11;1-11(2,3)9-4-5-10-8(6-9)7-12-13-10;1-11(2,3)9-6-8-4-5-12-10(8)13-7-9;1-10(2,3)7-4-5-8-9(6-7)12-13-11-8/h5-6,8H,4,7H2,1-3H3,(H,14,15);5-6,9H,4,7-8H2,1-3H3;7-8H,1-6H3;4-5,7-8H,6H2,1-3H3;2*4-7H,1-3H3,(H,12,13);4-6H,1-3H3,(H,11,12,13). The van der Waals surface area contributed by atoms with Crippen molar-refractivity contribution in [3.63, 3.8) is 0 Å². The normalized spacial score (nSPS) is 13.5. The Morgan fingerprint density at radius 3 is 1.66 bits per heavy atom. The van der Waals surface area contributed by atoms with Gasteiger partial charge >= 0.3 is 0 Å². The van der Waals surface area contributed by atoms with E-state index in [1.54, 1.807) is 14.2 Å². The quantitative estimate of drug-likeness (QED) is 0.131. The summed E-state index contributed by atoms with van der Waals surface area (Å²) in [6.45, 7) is 49.8. The van der Waals surface area contributed by atoms with E-state index >= 15 is 0 Å². The minimum atomic E-state index is 0.129. The Labute approximate surface area is 579 Å². The molecule has 7 heterocycles. The van der Waals surface area contributed by atoms with Crippen molar-refractivity contribution in [3.8, 4) is 23.0 Å². The van der Waals surface area contributed by atoms with E-state index in [9.17, 15) is 4.79 Å². The number of aromatic nitrogens is 7. The number of aliphatic imine (C=N–C) groups is 1. The second-order valence-corrected chi connectivity index (χ2v) is 32.6. The Morgan fingerprint density at radius 2 is 1.03 bits per heavy atom. The summed E-state index contributed by atoms with van der Waals surface area (Å²) >= 11 is 0. The number of hydrogen-bond donors (Lipinski definition) is 4. The first-order valence-electron chi connectivity index (χ1n) is 34.1. The van der Waals surface area contributed by atoms with E-state index in [1.807, 2.05) is 56.0 Å². The maximum Gasteiger partial charge on any atom is 0.224 e. The lowest BCUT2D eigenvalue weighted by molar-refractivity contribution is -0.116. The number of nitrogens with one attached hydrogen (secondary N) is 4. The number of H-pyrrole nitrogens is 3. The van der Waals surface area contributed by atoms with Crippen molar-refractivity contribution in [3.05, 3.63) is 189 Å². The Morgan fingerprint density at radius 1 is 0.485 bits per heavy atom. The van der Waals surface area contributed by atoms with Crippen LogP contribution in [0.5, 0.6) is 23.0 Å². The smallest absolute Gasteiger partial charge is 0.224 e. The third kappa shape index (κ3) is 21.4. The van der Waals surface area contributed by atoms with Crippen LogP contribution >= 0.6 is 0 Å². The number of benzene rings is 6. The molecule has 0 atom stereocenters. The van der Waals surface area contributed by atoms with Gasteiger partial charge in [0, 0.05) is 54.3 Å². The summed E-state index contributed by atoms with van der Waals surface area (Å²) < 4.78 is 21.9. The number of anilines is 1. The van der Waals surface area contributed by atoms with E-state index in [0.29, 0.717) is 6.42 Å². The van der Waals surface area contributed by atoms with Crippen LogP contribution in [0, 0.1) is 6.92 Å². The van der Waals surface area contributed by atoms with Gasteiger partial charge in [0.15, 0.2) is 23.0 Å². The van der Waals surface area contributed by atoms with Crippen LogP contribution in [0.25, 0.3) is 33.0 Å². The highest BCUT2D eigenvalue weighted by Crippen LogP contribution is 2.38. The highest BCUT2D eigenvalue weighted by Gasteiger charge is 2.23. The summed E-state index contributed by atoms with van der Waals surface area (Å²) in [4.78, 5) is 22.9. The molecule has 0 radical (unpaired) electrons. The molecule has 0 saturated carbocycles. The average molecular weight is 1310 g/mol. The highest BCUT2D eigenvalue weighted by atomic mass is 16.5. The third-order valence-electron chi connectivity index (χ3n) is 17.3. The lowest BCUT2D eigenvalue weighted by Gasteiger charge is -2.23. The van der Waals surface area contributed by atoms with Crippen LogP contribution in [0.1, 0.15) is 214 Å². The molecule has 6 aromatic carbocycles. The number of ether oxygens (including phenoxy) is 4. The molecule has 518 valence electrons. The molecule has 0 spiro atoms. The highest BCUT2D eigenvalue weighted by molar-refractivity contribution is 5.94. The second-order valence-electron chi connectivity index (χ2n) is 32.6. The molecule has 1 amide bonds. The van der Waals surface area contributed by atoms with E-state index < -0.39 is 0 Å². The van der Waals surface area contributed by atoms with Gasteiger partial charge in [-0.15, -0.1) is 0 Å². The Hall–Kier alpha value is -8.78. The fourth-order valence-corrected chi connectivity index (χ4v) is 10.7.